The van der Waals surface area contributed by atoms with Crippen LogP contribution in [0.5, 0.6) is 0 Å². The summed E-state index contributed by atoms with van der Waals surface area (Å²) in [5.41, 5.74) is 0.337. The zero-order valence-corrected chi connectivity index (χ0v) is 15.5. The number of nitrogens with one attached hydrogen (secondary N) is 2. The van der Waals surface area contributed by atoms with E-state index >= 15 is 0 Å². The van der Waals surface area contributed by atoms with E-state index in [1.807, 2.05) is 30.0 Å². The van der Waals surface area contributed by atoms with E-state index in [9.17, 15) is 14.4 Å². The van der Waals surface area contributed by atoms with Crippen molar-refractivity contribution in [3.05, 3.63) is 46.8 Å². The summed E-state index contributed by atoms with van der Waals surface area (Å²) in [6.07, 6.45) is 2.88. The molecule has 144 valence electrons. The van der Waals surface area contributed by atoms with Gasteiger partial charge >= 0.3 is 17.6 Å². The number of urea groups is 1. The molecule has 3 heterocycles. The van der Waals surface area contributed by atoms with E-state index in [0.717, 1.165) is 30.4 Å². The number of para-hydroxylation sites is 1. The lowest BCUT2D eigenvalue weighted by Gasteiger charge is -2.16. The van der Waals surface area contributed by atoms with Crippen molar-refractivity contribution in [3.63, 3.8) is 0 Å². The highest BCUT2D eigenvalue weighted by Gasteiger charge is 2.42. The van der Waals surface area contributed by atoms with Gasteiger partial charge in [0.2, 0.25) is 0 Å². The van der Waals surface area contributed by atoms with Crippen molar-refractivity contribution < 1.29 is 19.1 Å². The molecule has 8 heteroatoms. The largest absolute Gasteiger partial charge is 0.481 e. The second kappa shape index (κ2) is 8.94. The number of hydrogen-bond donors (Lipinski definition) is 3. The summed E-state index contributed by atoms with van der Waals surface area (Å²) < 4.78 is 4.91. The van der Waals surface area contributed by atoms with Gasteiger partial charge in [-0.05, 0) is 25.0 Å². The monoisotopic (exact) mass is 390 g/mol. The first-order chi connectivity index (χ1) is 13.0. The fourth-order valence-electron chi connectivity index (χ4n) is 3.28. The first kappa shape index (κ1) is 19.3. The number of carboxylic acids is 1. The Labute approximate surface area is 160 Å². The summed E-state index contributed by atoms with van der Waals surface area (Å²) in [5, 5.41) is 15.7. The number of carboxylic acid groups (broad SMARTS) is 1. The van der Waals surface area contributed by atoms with Crippen LogP contribution < -0.4 is 16.3 Å². The Morgan fingerprint density at radius 3 is 2.78 bits per heavy atom. The standard InChI is InChI=1S/C10H16N2O3S.C9H6O2/c13-8(14)4-2-1-3-7-9-6(5-16-7)11-10(15)12-9;10-9-6-5-7-3-1-2-4-8(7)11-9/h6-7,9H,1-5H2,(H,13,14)(H2,11,12,15);1-6H/t6-,7-,9-;/m0./s1. The second-order valence-electron chi connectivity index (χ2n) is 6.55. The van der Waals surface area contributed by atoms with Gasteiger partial charge in [-0.15, -0.1) is 0 Å². The maximum atomic E-state index is 11.1. The Balaban J connectivity index is 0.000000166. The van der Waals surface area contributed by atoms with Gasteiger partial charge in [-0.3, -0.25) is 4.79 Å². The SMILES string of the molecule is O=C(O)CCCC[C@@H]1SC[C@@H]2NC(=O)N[C@@H]21.O=c1ccc2ccccc2o1. The summed E-state index contributed by atoms with van der Waals surface area (Å²) in [6, 6.07) is 11.0. The maximum absolute atomic E-state index is 11.1. The topological polar surface area (TPSA) is 109 Å². The number of carbonyl (C=O) groups is 2. The van der Waals surface area contributed by atoms with Crippen molar-refractivity contribution in [1.82, 2.24) is 10.6 Å². The van der Waals surface area contributed by atoms with Gasteiger partial charge in [0, 0.05) is 28.9 Å². The van der Waals surface area contributed by atoms with Gasteiger partial charge in [0.1, 0.15) is 5.58 Å². The molecule has 3 N–H and O–H groups in total. The lowest BCUT2D eigenvalue weighted by molar-refractivity contribution is -0.137. The molecule has 3 atom stereocenters. The summed E-state index contributed by atoms with van der Waals surface area (Å²) in [7, 11) is 0. The first-order valence-corrected chi connectivity index (χ1v) is 9.97. The average molecular weight is 390 g/mol. The van der Waals surface area contributed by atoms with Gasteiger partial charge in [0.25, 0.3) is 0 Å². The summed E-state index contributed by atoms with van der Waals surface area (Å²) in [4.78, 5) is 32.2. The highest BCUT2D eigenvalue weighted by molar-refractivity contribution is 8.00. The van der Waals surface area contributed by atoms with Crippen molar-refractivity contribution in [2.45, 2.75) is 43.0 Å². The summed E-state index contributed by atoms with van der Waals surface area (Å²) >= 11 is 1.87. The predicted molar refractivity (Wildman–Crippen MR) is 104 cm³/mol. The molecule has 2 aliphatic rings. The fourth-order valence-corrected chi connectivity index (χ4v) is 4.82. The lowest BCUT2D eigenvalue weighted by Crippen LogP contribution is -2.36. The van der Waals surface area contributed by atoms with Gasteiger partial charge in [-0.25, -0.2) is 9.59 Å². The zero-order valence-electron chi connectivity index (χ0n) is 14.7. The van der Waals surface area contributed by atoms with Crippen LogP contribution in [0, 0.1) is 0 Å². The Morgan fingerprint density at radius 2 is 1.96 bits per heavy atom. The van der Waals surface area contributed by atoms with E-state index in [1.54, 1.807) is 12.1 Å². The number of hydrogen-bond acceptors (Lipinski definition) is 5. The maximum Gasteiger partial charge on any atom is 0.336 e. The number of unbranched alkanes of at least 4 members (excludes halogenated alkanes) is 1. The van der Waals surface area contributed by atoms with E-state index in [4.69, 9.17) is 9.52 Å². The molecule has 2 amide bonds. The normalized spacial score (nSPS) is 23.1. The molecule has 2 aromatic rings. The Morgan fingerprint density at radius 1 is 1.15 bits per heavy atom. The van der Waals surface area contributed by atoms with Crippen LogP contribution in [-0.2, 0) is 4.79 Å². The van der Waals surface area contributed by atoms with Gasteiger partial charge in [0.05, 0.1) is 12.1 Å². The van der Waals surface area contributed by atoms with E-state index < -0.39 is 5.97 Å². The Hall–Kier alpha value is -2.48. The molecule has 0 saturated carbocycles. The molecule has 0 aliphatic carbocycles. The molecule has 1 aromatic heterocycles. The molecule has 0 radical (unpaired) electrons. The third kappa shape index (κ3) is 5.26. The van der Waals surface area contributed by atoms with Crippen LogP contribution in [0.25, 0.3) is 11.0 Å². The number of amides is 2. The number of carbonyl (C=O) groups excluding carboxylic acids is 1. The van der Waals surface area contributed by atoms with Crippen LogP contribution in [-0.4, -0.2) is 40.2 Å². The number of fused-ring (bicyclic) bond motifs is 2. The number of benzene rings is 1. The van der Waals surface area contributed by atoms with E-state index in [0.29, 0.717) is 10.8 Å². The van der Waals surface area contributed by atoms with E-state index in [1.165, 1.54) is 6.07 Å². The van der Waals surface area contributed by atoms with Crippen LogP contribution in [0.4, 0.5) is 4.79 Å². The van der Waals surface area contributed by atoms with Gasteiger partial charge in [-0.1, -0.05) is 24.6 Å². The summed E-state index contributed by atoms with van der Waals surface area (Å²) in [5.74, 6) is 0.236. The van der Waals surface area contributed by atoms with Gasteiger partial charge in [-0.2, -0.15) is 11.8 Å². The second-order valence-corrected chi connectivity index (χ2v) is 7.83. The average Bonchev–Trinajstić information content (AvgIpc) is 3.18. The predicted octanol–water partition coefficient (Wildman–Crippen LogP) is 2.59. The van der Waals surface area contributed by atoms with Crippen molar-refractivity contribution >= 4 is 34.7 Å². The first-order valence-electron chi connectivity index (χ1n) is 8.92. The minimum absolute atomic E-state index is 0.0640. The van der Waals surface area contributed by atoms with Crippen molar-refractivity contribution in [1.29, 1.82) is 0 Å². The van der Waals surface area contributed by atoms with Crippen molar-refractivity contribution in [3.8, 4) is 0 Å². The molecular weight excluding hydrogens is 368 g/mol. The van der Waals surface area contributed by atoms with Crippen LogP contribution in [0.1, 0.15) is 25.7 Å². The smallest absolute Gasteiger partial charge is 0.336 e. The molecular formula is C19H22N2O5S. The molecule has 0 spiro atoms. The molecule has 1 aromatic carbocycles. The Kier molecular flexibility index (Phi) is 6.39. The van der Waals surface area contributed by atoms with Crippen molar-refractivity contribution in [2.24, 2.45) is 0 Å². The van der Waals surface area contributed by atoms with Crippen molar-refractivity contribution in [2.75, 3.05) is 5.75 Å². The third-order valence-corrected chi connectivity index (χ3v) is 6.10. The molecule has 7 nitrogen and oxygen atoms in total. The lowest BCUT2D eigenvalue weighted by atomic mass is 10.0. The van der Waals surface area contributed by atoms with Crippen LogP contribution in [0.2, 0.25) is 0 Å². The molecule has 0 unspecified atom stereocenters. The fraction of sp³-hybridized carbons (Fsp3) is 0.421. The van der Waals surface area contributed by atoms with Crippen LogP contribution in [0.15, 0.2) is 45.6 Å². The van der Waals surface area contributed by atoms with E-state index in [-0.39, 0.29) is 30.2 Å². The molecule has 2 aliphatic heterocycles. The summed E-state index contributed by atoms with van der Waals surface area (Å²) in [6.45, 7) is 0. The highest BCUT2D eigenvalue weighted by atomic mass is 32.2. The molecule has 2 fully saturated rings. The minimum Gasteiger partial charge on any atom is -0.481 e. The molecule has 27 heavy (non-hydrogen) atoms. The van der Waals surface area contributed by atoms with Crippen LogP contribution in [0.3, 0.4) is 0 Å². The molecule has 0 bridgehead atoms. The Bertz CT molecular complexity index is 868. The number of thioether (sulfide) groups is 1. The zero-order chi connectivity index (χ0) is 19.2. The van der Waals surface area contributed by atoms with Crippen LogP contribution >= 0.6 is 11.8 Å². The van der Waals surface area contributed by atoms with Gasteiger partial charge in [0.15, 0.2) is 0 Å². The quantitative estimate of drug-likeness (QED) is 0.411. The molecule has 2 saturated heterocycles. The highest BCUT2D eigenvalue weighted by Crippen LogP contribution is 2.33. The van der Waals surface area contributed by atoms with E-state index in [2.05, 4.69) is 10.6 Å². The number of rotatable bonds is 5. The minimum atomic E-state index is -0.729. The number of aliphatic carboxylic acids is 1. The van der Waals surface area contributed by atoms with Gasteiger partial charge < -0.3 is 20.2 Å². The third-order valence-electron chi connectivity index (χ3n) is 4.60. The molecule has 4 rings (SSSR count).